The molecule has 1 aliphatic carbocycles. The number of nitrogens with zero attached hydrogens (tertiary/aromatic N) is 2. The molecule has 3 heterocycles. The van der Waals surface area contributed by atoms with Gasteiger partial charge in [-0.25, -0.2) is 4.79 Å². The Bertz CT molecular complexity index is 1110. The zero-order chi connectivity index (χ0) is 24.1. The van der Waals surface area contributed by atoms with E-state index in [0.29, 0.717) is 18.8 Å². The van der Waals surface area contributed by atoms with Crippen LogP contribution < -0.4 is 10.7 Å². The van der Waals surface area contributed by atoms with E-state index in [1.165, 1.54) is 12.5 Å². The summed E-state index contributed by atoms with van der Waals surface area (Å²) in [6.45, 7) is 3.17. The number of ether oxygens (including phenoxy) is 1. The Morgan fingerprint density at radius 2 is 1.74 bits per heavy atom. The molecule has 0 aromatic carbocycles. The van der Waals surface area contributed by atoms with Gasteiger partial charge in [-0.2, -0.15) is 0 Å². The van der Waals surface area contributed by atoms with E-state index in [9.17, 15) is 19.2 Å². The summed E-state index contributed by atoms with van der Waals surface area (Å²) in [6.07, 6.45) is 10.3. The molecule has 2 aliphatic rings. The van der Waals surface area contributed by atoms with Gasteiger partial charge in [-0.05, 0) is 44.7 Å². The van der Waals surface area contributed by atoms with Gasteiger partial charge in [0.1, 0.15) is 16.9 Å². The van der Waals surface area contributed by atoms with Crippen LogP contribution in [0.1, 0.15) is 94.9 Å². The number of hydrogen-bond acceptors (Lipinski definition) is 6. The fraction of sp³-hybridized carbons (Fsp3) is 0.520. The summed E-state index contributed by atoms with van der Waals surface area (Å²) in [5.41, 5.74) is -0.580. The largest absolute Gasteiger partial charge is 0.460 e. The van der Waals surface area contributed by atoms with Crippen LogP contribution in [0.25, 0.3) is 0 Å². The molecule has 34 heavy (non-hydrogen) atoms. The van der Waals surface area contributed by atoms with Crippen molar-refractivity contribution in [3.8, 4) is 0 Å². The lowest BCUT2D eigenvalue weighted by molar-refractivity contribution is 0.0488. The molecule has 0 atom stereocenters. The summed E-state index contributed by atoms with van der Waals surface area (Å²) >= 11 is 0. The van der Waals surface area contributed by atoms with E-state index in [1.807, 2.05) is 4.57 Å². The highest BCUT2D eigenvalue weighted by Crippen LogP contribution is 2.28. The van der Waals surface area contributed by atoms with Crippen LogP contribution in [0.2, 0.25) is 0 Å². The second-order valence-electron chi connectivity index (χ2n) is 8.82. The first-order chi connectivity index (χ1) is 16.5. The van der Waals surface area contributed by atoms with Crippen LogP contribution in [-0.2, 0) is 11.3 Å². The third kappa shape index (κ3) is 5.24. The van der Waals surface area contributed by atoms with Crippen LogP contribution in [0.4, 0.5) is 0 Å². The Hall–Kier alpha value is -3.36. The molecule has 9 nitrogen and oxygen atoms in total. The van der Waals surface area contributed by atoms with Crippen molar-refractivity contribution in [3.05, 3.63) is 57.4 Å². The molecule has 1 N–H and O–H groups in total. The molecule has 2 aromatic rings. The fourth-order valence-corrected chi connectivity index (χ4v) is 4.64. The zero-order valence-electron chi connectivity index (χ0n) is 19.5. The van der Waals surface area contributed by atoms with E-state index in [4.69, 9.17) is 9.15 Å². The van der Waals surface area contributed by atoms with Gasteiger partial charge in [-0.3, -0.25) is 14.4 Å². The number of furan rings is 1. The second kappa shape index (κ2) is 10.7. The molecule has 2 amide bonds. The third-order valence-corrected chi connectivity index (χ3v) is 6.47. The van der Waals surface area contributed by atoms with Gasteiger partial charge >= 0.3 is 5.97 Å². The van der Waals surface area contributed by atoms with Crippen LogP contribution in [0.5, 0.6) is 0 Å². The molecular formula is C25H31N3O6. The number of aromatic nitrogens is 1. The molecule has 4 rings (SSSR count). The van der Waals surface area contributed by atoms with Crippen molar-refractivity contribution < 1.29 is 23.5 Å². The summed E-state index contributed by atoms with van der Waals surface area (Å²) in [5, 5.41) is 2.68. The maximum Gasteiger partial charge on any atom is 0.374 e. The number of carbonyl (C=O) groups is 3. The minimum absolute atomic E-state index is 0.00853. The first-order valence-corrected chi connectivity index (χ1v) is 12.1. The topological polar surface area (TPSA) is 111 Å². The molecule has 0 bridgehead atoms. The zero-order valence-corrected chi connectivity index (χ0v) is 19.5. The van der Waals surface area contributed by atoms with E-state index >= 15 is 0 Å². The highest BCUT2D eigenvalue weighted by molar-refractivity contribution is 5.99. The van der Waals surface area contributed by atoms with E-state index in [-0.39, 0.29) is 42.0 Å². The Kier molecular flexibility index (Phi) is 7.49. The number of hydrogen-bond donors (Lipinski definition) is 1. The standard InChI is InChI=1S/C25H31N3O6/c1-2-33-25(32)21-11-10-18(34-21)14-26-23(30)19-15-28(17-8-4-3-5-9-17)16-20(22(19)29)24(31)27-12-6-7-13-27/h10-11,15-17H,2-9,12-14H2,1H3,(H,26,30). The molecule has 1 saturated heterocycles. The lowest BCUT2D eigenvalue weighted by atomic mass is 9.95. The summed E-state index contributed by atoms with van der Waals surface area (Å²) in [4.78, 5) is 52.8. The number of nitrogens with one attached hydrogen (secondary N) is 1. The summed E-state index contributed by atoms with van der Waals surface area (Å²) in [5.74, 6) is -1.08. The highest BCUT2D eigenvalue weighted by atomic mass is 16.5. The average molecular weight is 470 g/mol. The molecule has 0 spiro atoms. The molecule has 0 unspecified atom stereocenters. The lowest BCUT2D eigenvalue weighted by Crippen LogP contribution is -2.37. The molecule has 9 heteroatoms. The number of esters is 1. The Balaban J connectivity index is 1.57. The first kappa shape index (κ1) is 23.8. The molecule has 1 saturated carbocycles. The van der Waals surface area contributed by atoms with Crippen molar-refractivity contribution in [1.82, 2.24) is 14.8 Å². The van der Waals surface area contributed by atoms with Gasteiger partial charge in [0.05, 0.1) is 13.2 Å². The van der Waals surface area contributed by atoms with Crippen molar-refractivity contribution >= 4 is 17.8 Å². The van der Waals surface area contributed by atoms with Gasteiger partial charge in [0.25, 0.3) is 11.8 Å². The first-order valence-electron chi connectivity index (χ1n) is 12.1. The molecule has 2 aromatic heterocycles. The van der Waals surface area contributed by atoms with Crippen LogP contribution in [-0.4, -0.2) is 46.9 Å². The van der Waals surface area contributed by atoms with Crippen molar-refractivity contribution in [3.63, 3.8) is 0 Å². The van der Waals surface area contributed by atoms with E-state index in [2.05, 4.69) is 5.32 Å². The van der Waals surface area contributed by atoms with Crippen molar-refractivity contribution in [2.75, 3.05) is 19.7 Å². The SMILES string of the molecule is CCOC(=O)c1ccc(CNC(=O)c2cn(C3CCCCC3)cc(C(=O)N3CCCC3)c2=O)o1. The van der Waals surface area contributed by atoms with E-state index < -0.39 is 17.3 Å². The van der Waals surface area contributed by atoms with Crippen molar-refractivity contribution in [1.29, 1.82) is 0 Å². The molecule has 2 fully saturated rings. The number of carbonyl (C=O) groups excluding carboxylic acids is 3. The second-order valence-corrected chi connectivity index (χ2v) is 8.82. The predicted molar refractivity (Wildman–Crippen MR) is 124 cm³/mol. The van der Waals surface area contributed by atoms with Gasteiger partial charge in [0.2, 0.25) is 11.2 Å². The van der Waals surface area contributed by atoms with Crippen molar-refractivity contribution in [2.45, 2.75) is 64.5 Å². The van der Waals surface area contributed by atoms with Gasteiger partial charge in [0, 0.05) is 31.5 Å². The van der Waals surface area contributed by atoms with Gasteiger partial charge < -0.3 is 23.9 Å². The fourth-order valence-electron chi connectivity index (χ4n) is 4.64. The maximum absolute atomic E-state index is 13.2. The minimum Gasteiger partial charge on any atom is -0.460 e. The Morgan fingerprint density at radius 3 is 2.44 bits per heavy atom. The number of amides is 2. The molecule has 182 valence electrons. The monoisotopic (exact) mass is 469 g/mol. The normalized spacial score (nSPS) is 16.4. The molecule has 1 aliphatic heterocycles. The van der Waals surface area contributed by atoms with E-state index in [1.54, 1.807) is 30.3 Å². The number of pyridine rings is 1. The molecule has 0 radical (unpaired) electrons. The van der Waals surface area contributed by atoms with Crippen LogP contribution >= 0.6 is 0 Å². The lowest BCUT2D eigenvalue weighted by Gasteiger charge is -2.26. The summed E-state index contributed by atoms with van der Waals surface area (Å²) in [7, 11) is 0. The Morgan fingerprint density at radius 1 is 1.03 bits per heavy atom. The number of likely N-dealkylation sites (tertiary alicyclic amines) is 1. The minimum atomic E-state index is -0.584. The smallest absolute Gasteiger partial charge is 0.374 e. The summed E-state index contributed by atoms with van der Waals surface area (Å²) < 4.78 is 12.2. The third-order valence-electron chi connectivity index (χ3n) is 6.47. The number of rotatable bonds is 7. The van der Waals surface area contributed by atoms with Crippen LogP contribution in [0.15, 0.2) is 33.7 Å². The predicted octanol–water partition coefficient (Wildman–Crippen LogP) is 3.29. The average Bonchev–Trinajstić information content (AvgIpc) is 3.56. The quantitative estimate of drug-likeness (QED) is 0.623. The van der Waals surface area contributed by atoms with E-state index in [0.717, 1.165) is 38.5 Å². The van der Waals surface area contributed by atoms with Gasteiger partial charge in [0.15, 0.2) is 0 Å². The van der Waals surface area contributed by atoms with Crippen molar-refractivity contribution in [2.24, 2.45) is 0 Å². The van der Waals surface area contributed by atoms with Crippen LogP contribution in [0.3, 0.4) is 0 Å². The maximum atomic E-state index is 13.2. The van der Waals surface area contributed by atoms with Gasteiger partial charge in [-0.1, -0.05) is 19.3 Å². The van der Waals surface area contributed by atoms with Gasteiger partial charge in [-0.15, -0.1) is 0 Å². The summed E-state index contributed by atoms with van der Waals surface area (Å²) in [6, 6.07) is 3.20. The highest BCUT2D eigenvalue weighted by Gasteiger charge is 2.27. The molecular weight excluding hydrogens is 438 g/mol. The Labute approximate surface area is 198 Å². The van der Waals surface area contributed by atoms with Crippen LogP contribution in [0, 0.1) is 0 Å².